The largest absolute Gasteiger partial charge is 0.491 e. The lowest BCUT2D eigenvalue weighted by atomic mass is 10.0. The number of hydroxylamine groups is 1. The van der Waals surface area contributed by atoms with E-state index in [-0.39, 0.29) is 18.8 Å². The van der Waals surface area contributed by atoms with Crippen molar-refractivity contribution < 1.29 is 34.2 Å². The molecule has 2 aromatic rings. The normalized spacial score (nSPS) is 11.4. The Labute approximate surface area is 185 Å². The minimum absolute atomic E-state index is 0.0258. The molecule has 1 atom stereocenters. The van der Waals surface area contributed by atoms with E-state index < -0.39 is 23.8 Å². The molecule has 172 valence electrons. The van der Waals surface area contributed by atoms with Gasteiger partial charge < -0.3 is 24.8 Å². The molecule has 0 radical (unpaired) electrons. The second kappa shape index (κ2) is 12.4. The molecule has 2 rings (SSSR count). The maximum absolute atomic E-state index is 12.7. The first kappa shape index (κ1) is 24.8. The zero-order valence-corrected chi connectivity index (χ0v) is 17.9. The van der Waals surface area contributed by atoms with Crippen LogP contribution in [-0.2, 0) is 14.3 Å². The van der Waals surface area contributed by atoms with Crippen molar-refractivity contribution in [2.45, 2.75) is 6.04 Å². The van der Waals surface area contributed by atoms with Crippen molar-refractivity contribution in [1.82, 2.24) is 15.7 Å². The zero-order chi connectivity index (χ0) is 23.5. The van der Waals surface area contributed by atoms with E-state index >= 15 is 0 Å². The summed E-state index contributed by atoms with van der Waals surface area (Å²) >= 11 is 0. The van der Waals surface area contributed by atoms with Gasteiger partial charge in [0, 0.05) is 19.7 Å². The highest BCUT2D eigenvalue weighted by atomic mass is 16.5. The van der Waals surface area contributed by atoms with Gasteiger partial charge in [0.1, 0.15) is 12.4 Å². The van der Waals surface area contributed by atoms with E-state index in [0.29, 0.717) is 19.0 Å². The van der Waals surface area contributed by atoms with Crippen LogP contribution in [0.2, 0.25) is 0 Å². The van der Waals surface area contributed by atoms with Gasteiger partial charge in [-0.25, -0.2) is 5.48 Å². The van der Waals surface area contributed by atoms with Crippen molar-refractivity contribution in [3.63, 3.8) is 0 Å². The number of aliphatic hydroxyl groups is 1. The van der Waals surface area contributed by atoms with Crippen molar-refractivity contribution >= 4 is 17.7 Å². The summed E-state index contributed by atoms with van der Waals surface area (Å²) in [6, 6.07) is 12.6. The van der Waals surface area contributed by atoms with E-state index in [1.165, 1.54) is 19.6 Å². The molecule has 0 saturated carbocycles. The number of nitrogens with zero attached hydrogens (tertiary/aromatic N) is 1. The Balaban J connectivity index is 2.05. The number of benzene rings is 2. The van der Waals surface area contributed by atoms with E-state index in [1.54, 1.807) is 24.3 Å². The molecule has 2 aromatic carbocycles. The number of carbonyl (C=O) groups is 3. The Hall–Kier alpha value is -3.47. The lowest BCUT2D eigenvalue weighted by Gasteiger charge is -2.25. The van der Waals surface area contributed by atoms with Gasteiger partial charge in [-0.05, 0) is 35.4 Å². The third-order valence-corrected chi connectivity index (χ3v) is 4.61. The van der Waals surface area contributed by atoms with Crippen LogP contribution in [0.1, 0.15) is 10.4 Å². The highest BCUT2D eigenvalue weighted by molar-refractivity contribution is 6.08. The molecular formula is C22H27N3O7. The summed E-state index contributed by atoms with van der Waals surface area (Å²) in [7, 11) is 2.63. The molecule has 10 heteroatoms. The number of nitrogens with one attached hydrogen (secondary N) is 2. The molecular weight excluding hydrogens is 418 g/mol. The number of likely N-dealkylation sites (N-methyl/N-ethyl adjacent to an activating group) is 2. The SMILES string of the molecule is CNC(=O)C(C(=O)NO)N(C)C(=O)c1ccc(-c2ccc(OCCOCCO)cc2)cc1. The number of ether oxygens (including phenoxy) is 2. The molecule has 10 nitrogen and oxygen atoms in total. The van der Waals surface area contributed by atoms with Crippen LogP contribution in [-0.4, -0.2) is 79.5 Å². The third-order valence-electron chi connectivity index (χ3n) is 4.61. The van der Waals surface area contributed by atoms with Crippen LogP contribution < -0.4 is 15.5 Å². The van der Waals surface area contributed by atoms with E-state index in [9.17, 15) is 14.4 Å². The van der Waals surface area contributed by atoms with E-state index in [4.69, 9.17) is 19.8 Å². The first-order valence-electron chi connectivity index (χ1n) is 9.87. The Morgan fingerprint density at radius 1 is 0.938 bits per heavy atom. The van der Waals surface area contributed by atoms with Gasteiger partial charge in [-0.3, -0.25) is 19.6 Å². The summed E-state index contributed by atoms with van der Waals surface area (Å²) in [6.45, 7) is 1.00. The molecule has 0 aliphatic heterocycles. The summed E-state index contributed by atoms with van der Waals surface area (Å²) in [6.07, 6.45) is 0. The summed E-state index contributed by atoms with van der Waals surface area (Å²) in [4.78, 5) is 37.5. The van der Waals surface area contributed by atoms with Gasteiger partial charge in [0.15, 0.2) is 6.04 Å². The molecule has 0 aliphatic rings. The average Bonchev–Trinajstić information content (AvgIpc) is 2.83. The number of hydrogen-bond acceptors (Lipinski definition) is 7. The Kier molecular flexibility index (Phi) is 9.61. The van der Waals surface area contributed by atoms with Crippen LogP contribution in [0.3, 0.4) is 0 Å². The van der Waals surface area contributed by atoms with Crippen molar-refractivity contribution in [3.8, 4) is 16.9 Å². The van der Waals surface area contributed by atoms with Crippen LogP contribution in [0.5, 0.6) is 5.75 Å². The van der Waals surface area contributed by atoms with E-state index in [2.05, 4.69) is 5.32 Å². The second-order valence-corrected chi connectivity index (χ2v) is 6.70. The highest BCUT2D eigenvalue weighted by Crippen LogP contribution is 2.23. The second-order valence-electron chi connectivity index (χ2n) is 6.70. The van der Waals surface area contributed by atoms with E-state index in [0.717, 1.165) is 16.0 Å². The number of amides is 3. The quantitative estimate of drug-likeness (QED) is 0.170. The molecule has 4 N–H and O–H groups in total. The third kappa shape index (κ3) is 6.51. The number of carbonyl (C=O) groups excluding carboxylic acids is 3. The fourth-order valence-corrected chi connectivity index (χ4v) is 2.92. The van der Waals surface area contributed by atoms with Crippen molar-refractivity contribution in [1.29, 1.82) is 0 Å². The van der Waals surface area contributed by atoms with Gasteiger partial charge >= 0.3 is 0 Å². The molecule has 0 fully saturated rings. The first-order chi connectivity index (χ1) is 15.4. The minimum atomic E-state index is -1.52. The number of rotatable bonds is 11. The van der Waals surface area contributed by atoms with Crippen LogP contribution in [0, 0.1) is 0 Å². The van der Waals surface area contributed by atoms with Crippen molar-refractivity contribution in [2.75, 3.05) is 40.5 Å². The van der Waals surface area contributed by atoms with Crippen molar-refractivity contribution in [3.05, 3.63) is 54.1 Å². The molecule has 32 heavy (non-hydrogen) atoms. The molecule has 0 aromatic heterocycles. The first-order valence-corrected chi connectivity index (χ1v) is 9.87. The molecule has 0 aliphatic carbocycles. The zero-order valence-electron chi connectivity index (χ0n) is 17.9. The van der Waals surface area contributed by atoms with Gasteiger partial charge in [-0.1, -0.05) is 24.3 Å². The number of hydrogen-bond donors (Lipinski definition) is 4. The van der Waals surface area contributed by atoms with Crippen LogP contribution in [0.15, 0.2) is 48.5 Å². The average molecular weight is 445 g/mol. The predicted molar refractivity (Wildman–Crippen MR) is 115 cm³/mol. The number of aliphatic hydroxyl groups excluding tert-OH is 1. The van der Waals surface area contributed by atoms with Gasteiger partial charge in [0.05, 0.1) is 19.8 Å². The monoisotopic (exact) mass is 445 g/mol. The molecule has 1 unspecified atom stereocenters. The van der Waals surface area contributed by atoms with Crippen LogP contribution in [0.4, 0.5) is 0 Å². The van der Waals surface area contributed by atoms with Gasteiger partial charge in [0.2, 0.25) is 0 Å². The lowest BCUT2D eigenvalue weighted by Crippen LogP contribution is -2.54. The highest BCUT2D eigenvalue weighted by Gasteiger charge is 2.33. The molecule has 0 spiro atoms. The van der Waals surface area contributed by atoms with Crippen molar-refractivity contribution in [2.24, 2.45) is 0 Å². The molecule has 3 amide bonds. The maximum atomic E-state index is 12.7. The fourth-order valence-electron chi connectivity index (χ4n) is 2.92. The lowest BCUT2D eigenvalue weighted by molar-refractivity contribution is -0.140. The molecule has 0 bridgehead atoms. The Bertz CT molecular complexity index is 885. The molecule has 0 heterocycles. The van der Waals surface area contributed by atoms with Gasteiger partial charge in [-0.2, -0.15) is 0 Å². The summed E-state index contributed by atoms with van der Waals surface area (Å²) < 4.78 is 10.7. The minimum Gasteiger partial charge on any atom is -0.491 e. The van der Waals surface area contributed by atoms with E-state index in [1.807, 2.05) is 24.3 Å². The van der Waals surface area contributed by atoms with Crippen LogP contribution >= 0.6 is 0 Å². The topological polar surface area (TPSA) is 137 Å². The standard InChI is InChI=1S/C22H27N3O7/c1-23-20(27)19(21(28)24-30)25(2)22(29)17-5-3-15(4-6-17)16-7-9-18(10-8-16)32-14-13-31-12-11-26/h3-10,19,26,30H,11-14H2,1-2H3,(H,23,27)(H,24,28). The predicted octanol–water partition coefficient (Wildman–Crippen LogP) is 0.433. The molecule has 0 saturated heterocycles. The summed E-state index contributed by atoms with van der Waals surface area (Å²) in [5.41, 5.74) is 3.45. The van der Waals surface area contributed by atoms with Crippen LogP contribution in [0.25, 0.3) is 11.1 Å². The fraction of sp³-hybridized carbons (Fsp3) is 0.318. The maximum Gasteiger partial charge on any atom is 0.275 e. The van der Waals surface area contributed by atoms with Gasteiger partial charge in [0.25, 0.3) is 17.7 Å². The summed E-state index contributed by atoms with van der Waals surface area (Å²) in [5, 5.41) is 19.8. The Morgan fingerprint density at radius 2 is 1.53 bits per heavy atom. The Morgan fingerprint density at radius 3 is 2.06 bits per heavy atom. The summed E-state index contributed by atoms with van der Waals surface area (Å²) in [5.74, 6) is -1.62. The smallest absolute Gasteiger partial charge is 0.275 e. The van der Waals surface area contributed by atoms with Gasteiger partial charge in [-0.15, -0.1) is 0 Å².